The fraction of sp³-hybridized carbons (Fsp3) is 0.439. The van der Waals surface area contributed by atoms with Crippen molar-refractivity contribution in [2.75, 3.05) is 23.8 Å². The van der Waals surface area contributed by atoms with Gasteiger partial charge in [0.15, 0.2) is 25.5 Å². The van der Waals surface area contributed by atoms with Gasteiger partial charge in [-0.2, -0.15) is 11.8 Å². The van der Waals surface area contributed by atoms with Crippen LogP contribution in [-0.2, 0) is 29.3 Å². The molecule has 0 aromatic heterocycles. The van der Waals surface area contributed by atoms with Crippen molar-refractivity contribution in [2.24, 2.45) is 5.92 Å². The highest BCUT2D eigenvalue weighted by molar-refractivity contribution is 8.00. The number of unbranched alkanes of at least 4 members (excludes halogenated alkanes) is 2. The number of fused-ring (bicyclic) bond motifs is 1. The molecule has 3 aromatic carbocycles. The Labute approximate surface area is 343 Å². The van der Waals surface area contributed by atoms with Crippen molar-refractivity contribution < 1.29 is 45.9 Å². The maximum Gasteiger partial charge on any atom is 0.326 e. The average molecular weight is 855 g/mol. The number of carboxylic acid groups (broad SMARTS) is 1. The van der Waals surface area contributed by atoms with Crippen LogP contribution in [0.2, 0.25) is 0 Å². The highest BCUT2D eigenvalue weighted by atomic mass is 32.2. The number of carbonyl (C=O) groups is 5. The Kier molecular flexibility index (Phi) is 15.2. The van der Waals surface area contributed by atoms with Crippen LogP contribution in [0.5, 0.6) is 0 Å². The normalized spacial score (nSPS) is 18.2. The van der Waals surface area contributed by atoms with Crippen LogP contribution in [0.15, 0.2) is 82.6 Å². The van der Waals surface area contributed by atoms with Crippen LogP contribution in [0.3, 0.4) is 0 Å². The summed E-state index contributed by atoms with van der Waals surface area (Å²) in [6, 6.07) is 16.7. The number of sulfone groups is 2. The molecule has 0 bridgehead atoms. The summed E-state index contributed by atoms with van der Waals surface area (Å²) in [4.78, 5) is 62.5. The fourth-order valence-electron chi connectivity index (χ4n) is 7.01. The van der Waals surface area contributed by atoms with Gasteiger partial charge in [0.2, 0.25) is 5.91 Å². The minimum atomic E-state index is -4.07. The van der Waals surface area contributed by atoms with E-state index in [0.717, 1.165) is 29.7 Å². The number of carbonyl (C=O) groups excluding carboxylic acids is 4. The van der Waals surface area contributed by atoms with Gasteiger partial charge in [-0.15, -0.1) is 0 Å². The number of carboxylic acids is 1. The number of ketones is 1. The van der Waals surface area contributed by atoms with E-state index in [-0.39, 0.29) is 69.6 Å². The number of amides is 4. The molecule has 3 aromatic rings. The number of Topliss-reactive ketones (excluding diaryl/α,β-unsaturated/α-hetero) is 1. The second-order valence-corrected chi connectivity index (χ2v) is 20.2. The minimum absolute atomic E-state index is 0.0295. The summed E-state index contributed by atoms with van der Waals surface area (Å²) in [6.45, 7) is 3.82. The number of nitrogens with one attached hydrogen (secondary N) is 4. The second kappa shape index (κ2) is 19.8. The summed E-state index contributed by atoms with van der Waals surface area (Å²) in [6.07, 6.45) is 3.43. The van der Waals surface area contributed by atoms with E-state index in [2.05, 4.69) is 21.3 Å². The topological polar surface area (TPSA) is 222 Å². The first-order valence-electron chi connectivity index (χ1n) is 19.2. The van der Waals surface area contributed by atoms with Gasteiger partial charge >= 0.3 is 12.0 Å². The molecule has 0 radical (unpaired) electrons. The zero-order chi connectivity index (χ0) is 42.0. The van der Waals surface area contributed by atoms with Gasteiger partial charge in [-0.3, -0.25) is 14.4 Å². The molecule has 2 aliphatic heterocycles. The van der Waals surface area contributed by atoms with Gasteiger partial charge in [-0.25, -0.2) is 26.4 Å². The summed E-state index contributed by atoms with van der Waals surface area (Å²) in [5.41, 5.74) is 1.92. The van der Waals surface area contributed by atoms with Gasteiger partial charge < -0.3 is 26.4 Å². The maximum atomic E-state index is 13.8. The fourth-order valence-corrected chi connectivity index (χ4v) is 11.8. The van der Waals surface area contributed by atoms with Gasteiger partial charge in [0, 0.05) is 35.1 Å². The number of rotatable bonds is 21. The molecule has 4 amide bonds. The standard InChI is InChI=1S/C41H50N4O10S3/c1-26-10-18-31(19-11-26)57(52,53)24-30(25-58(54,55)32-20-12-27(2)13-21-32)38(47)28-14-16-29(17-15-28)39(48)42-22-6-5-7-33(40(49)50)43-36(46)9-4-3-8-35-37-34(23-56-35)44-41(51)45-37/h10-21,30,33-35,37H,3-9,22-25H2,1-2H3,(H,42,48)(H,43,46)(H,49,50)(H2,44,45,51). The smallest absolute Gasteiger partial charge is 0.326 e. The van der Waals surface area contributed by atoms with Gasteiger partial charge in [0.05, 0.1) is 39.3 Å². The largest absolute Gasteiger partial charge is 0.480 e. The molecule has 2 fully saturated rings. The Morgan fingerprint density at radius 2 is 1.34 bits per heavy atom. The first-order chi connectivity index (χ1) is 27.5. The third-order valence-corrected chi connectivity index (χ3v) is 15.5. The van der Waals surface area contributed by atoms with Crippen molar-refractivity contribution in [3.63, 3.8) is 0 Å². The van der Waals surface area contributed by atoms with Gasteiger partial charge in [-0.05, 0) is 82.3 Å². The number of hydrogen-bond donors (Lipinski definition) is 5. The van der Waals surface area contributed by atoms with Gasteiger partial charge in [0.25, 0.3) is 5.91 Å². The highest BCUT2D eigenvalue weighted by Gasteiger charge is 2.42. The average Bonchev–Trinajstić information content (AvgIpc) is 3.74. The van der Waals surface area contributed by atoms with E-state index in [1.807, 2.05) is 0 Å². The zero-order valence-corrected chi connectivity index (χ0v) is 34.9. The lowest BCUT2D eigenvalue weighted by Gasteiger charge is -2.17. The van der Waals surface area contributed by atoms with Crippen LogP contribution in [0, 0.1) is 19.8 Å². The van der Waals surface area contributed by atoms with E-state index in [4.69, 9.17) is 0 Å². The number of aryl methyl sites for hydroxylation is 2. The summed E-state index contributed by atoms with van der Waals surface area (Å²) >= 11 is 1.80. The molecule has 4 atom stereocenters. The molecule has 2 aliphatic rings. The minimum Gasteiger partial charge on any atom is -0.480 e. The molecule has 5 rings (SSSR count). The molecular formula is C41H50N4O10S3. The van der Waals surface area contributed by atoms with E-state index in [9.17, 15) is 45.9 Å². The van der Waals surface area contributed by atoms with Crippen molar-refractivity contribution in [1.82, 2.24) is 21.3 Å². The molecule has 58 heavy (non-hydrogen) atoms. The molecule has 2 saturated heterocycles. The van der Waals surface area contributed by atoms with Crippen LogP contribution in [-0.4, -0.2) is 98.7 Å². The van der Waals surface area contributed by atoms with Crippen LogP contribution < -0.4 is 21.3 Å². The van der Waals surface area contributed by atoms with Crippen molar-refractivity contribution in [3.8, 4) is 0 Å². The molecule has 14 nitrogen and oxygen atoms in total. The predicted octanol–water partition coefficient (Wildman–Crippen LogP) is 4.25. The maximum absolute atomic E-state index is 13.8. The Morgan fingerprint density at radius 1 is 0.776 bits per heavy atom. The summed E-state index contributed by atoms with van der Waals surface area (Å²) in [5, 5.41) is 21.1. The number of urea groups is 1. The van der Waals surface area contributed by atoms with Crippen LogP contribution in [0.4, 0.5) is 4.79 Å². The van der Waals surface area contributed by atoms with Gasteiger partial charge in [0.1, 0.15) is 6.04 Å². The summed E-state index contributed by atoms with van der Waals surface area (Å²) in [7, 11) is -8.14. The van der Waals surface area contributed by atoms with Crippen molar-refractivity contribution in [3.05, 3.63) is 95.1 Å². The number of thioether (sulfide) groups is 1. The molecule has 2 heterocycles. The first kappa shape index (κ1) is 44.4. The lowest BCUT2D eigenvalue weighted by atomic mass is 9.99. The molecule has 0 saturated carbocycles. The SMILES string of the molecule is Cc1ccc(S(=O)(=O)CC(CS(=O)(=O)c2ccc(C)cc2)C(=O)c2ccc(C(=O)NCCCCC(NC(=O)CCCCC3SCC4NC(=O)NC43)C(=O)O)cc2)cc1. The zero-order valence-electron chi connectivity index (χ0n) is 32.4. The summed E-state index contributed by atoms with van der Waals surface area (Å²) < 4.78 is 53.7. The van der Waals surface area contributed by atoms with E-state index >= 15 is 0 Å². The quantitative estimate of drug-likeness (QED) is 0.0579. The predicted molar refractivity (Wildman–Crippen MR) is 220 cm³/mol. The number of aliphatic carboxylic acids is 1. The first-order valence-corrected chi connectivity index (χ1v) is 23.6. The third-order valence-electron chi connectivity index (χ3n) is 10.3. The van der Waals surface area contributed by atoms with E-state index in [1.165, 1.54) is 48.5 Å². The van der Waals surface area contributed by atoms with E-state index < -0.39 is 60.8 Å². The second-order valence-electron chi connectivity index (χ2n) is 14.9. The van der Waals surface area contributed by atoms with Crippen LogP contribution >= 0.6 is 11.8 Å². The van der Waals surface area contributed by atoms with Crippen molar-refractivity contribution >= 4 is 61.0 Å². The Bertz CT molecular complexity index is 2100. The Hall–Kier alpha value is -4.74. The van der Waals surface area contributed by atoms with Crippen molar-refractivity contribution in [2.45, 2.75) is 92.0 Å². The number of hydrogen-bond acceptors (Lipinski definition) is 10. The van der Waals surface area contributed by atoms with E-state index in [0.29, 0.717) is 19.3 Å². The Morgan fingerprint density at radius 3 is 1.91 bits per heavy atom. The van der Waals surface area contributed by atoms with Crippen LogP contribution in [0.25, 0.3) is 0 Å². The lowest BCUT2D eigenvalue weighted by molar-refractivity contribution is -0.142. The molecule has 5 N–H and O–H groups in total. The van der Waals surface area contributed by atoms with Crippen LogP contribution in [0.1, 0.15) is 76.8 Å². The molecular weight excluding hydrogens is 805 g/mol. The molecule has 0 spiro atoms. The van der Waals surface area contributed by atoms with E-state index in [1.54, 1.807) is 49.9 Å². The number of benzene rings is 3. The lowest BCUT2D eigenvalue weighted by Crippen LogP contribution is -2.40. The summed E-state index contributed by atoms with van der Waals surface area (Å²) in [5.74, 6) is -4.71. The molecule has 17 heteroatoms. The molecule has 4 unspecified atom stereocenters. The van der Waals surface area contributed by atoms with Crippen molar-refractivity contribution in [1.29, 1.82) is 0 Å². The Balaban J connectivity index is 1.09. The van der Waals surface area contributed by atoms with Gasteiger partial charge in [-0.1, -0.05) is 53.9 Å². The monoisotopic (exact) mass is 854 g/mol. The highest BCUT2D eigenvalue weighted by Crippen LogP contribution is 2.33. The molecule has 312 valence electrons. The third kappa shape index (κ3) is 12.1. The molecule has 0 aliphatic carbocycles.